The molecule has 0 aromatic heterocycles. The molecule has 2 aliphatic heterocycles. The van der Waals surface area contributed by atoms with Crippen LogP contribution in [-0.4, -0.2) is 18.8 Å². The topological polar surface area (TPSA) is 60.2 Å². The Hall–Kier alpha value is -4.36. The summed E-state index contributed by atoms with van der Waals surface area (Å²) in [5, 5.41) is 17.5. The van der Waals surface area contributed by atoms with Crippen molar-refractivity contribution in [3.63, 3.8) is 0 Å². The zero-order chi connectivity index (χ0) is 31.7. The molecule has 1 spiro atoms. The second kappa shape index (κ2) is 12.8. The van der Waals surface area contributed by atoms with E-state index >= 15 is 0 Å². The van der Waals surface area contributed by atoms with Crippen LogP contribution in [0.5, 0.6) is 0 Å². The first-order chi connectivity index (χ1) is 22.5. The Morgan fingerprint density at radius 2 is 1.91 bits per heavy atom. The third-order valence-electron chi connectivity index (χ3n) is 10.9. The molecule has 46 heavy (non-hydrogen) atoms. The Morgan fingerprint density at radius 1 is 1.09 bits per heavy atom. The van der Waals surface area contributed by atoms with Gasteiger partial charge in [0.1, 0.15) is 5.82 Å². The summed E-state index contributed by atoms with van der Waals surface area (Å²) in [5.74, 6) is 1.05. The lowest BCUT2D eigenvalue weighted by Crippen LogP contribution is -2.46. The van der Waals surface area contributed by atoms with Gasteiger partial charge in [0.15, 0.2) is 0 Å². The molecule has 4 heteroatoms. The van der Waals surface area contributed by atoms with Crippen LogP contribution in [0.4, 0.5) is 0 Å². The Morgan fingerprint density at radius 3 is 2.70 bits per heavy atom. The highest BCUT2D eigenvalue weighted by Crippen LogP contribution is 2.57. The van der Waals surface area contributed by atoms with E-state index < -0.39 is 0 Å². The van der Waals surface area contributed by atoms with Crippen LogP contribution in [0, 0.1) is 24.2 Å². The molecule has 1 saturated heterocycles. The first-order valence-corrected chi connectivity index (χ1v) is 17.3. The Labute approximate surface area is 275 Å². The van der Waals surface area contributed by atoms with Crippen molar-refractivity contribution in [2.75, 3.05) is 6.54 Å². The van der Waals surface area contributed by atoms with E-state index in [0.717, 1.165) is 25.1 Å². The molecule has 2 fully saturated rings. The quantitative estimate of drug-likeness (QED) is 0.334. The van der Waals surface area contributed by atoms with E-state index in [1.165, 1.54) is 87.8 Å². The van der Waals surface area contributed by atoms with Crippen LogP contribution < -0.4 is 10.6 Å². The van der Waals surface area contributed by atoms with Crippen LogP contribution in [0.15, 0.2) is 106 Å². The summed E-state index contributed by atoms with van der Waals surface area (Å²) >= 11 is 0. The van der Waals surface area contributed by atoms with Crippen molar-refractivity contribution < 1.29 is 0 Å². The number of nitrogens with one attached hydrogen (secondary N) is 2. The highest BCUT2D eigenvalue weighted by molar-refractivity contribution is 6.12. The number of hydrogen-bond acceptors (Lipinski definition) is 4. The van der Waals surface area contributed by atoms with Crippen molar-refractivity contribution in [1.29, 1.82) is 5.26 Å². The number of aryl methyl sites for hydroxylation is 1. The molecule has 2 N–H and O–H groups in total. The zero-order valence-corrected chi connectivity index (χ0v) is 27.6. The second-order valence-corrected chi connectivity index (χ2v) is 13.8. The van der Waals surface area contributed by atoms with E-state index in [4.69, 9.17) is 4.99 Å². The van der Waals surface area contributed by atoms with Gasteiger partial charge in [-0.3, -0.25) is 4.99 Å². The zero-order valence-electron chi connectivity index (χ0n) is 27.6. The van der Waals surface area contributed by atoms with Crippen LogP contribution in [0.25, 0.3) is 11.1 Å². The summed E-state index contributed by atoms with van der Waals surface area (Å²) < 4.78 is 0. The van der Waals surface area contributed by atoms with Gasteiger partial charge in [0.2, 0.25) is 0 Å². The summed E-state index contributed by atoms with van der Waals surface area (Å²) in [5.41, 5.74) is 13.4. The van der Waals surface area contributed by atoms with Gasteiger partial charge < -0.3 is 10.6 Å². The number of dihydropyridines is 1. The molecule has 3 aliphatic carbocycles. The maximum Gasteiger partial charge on any atom is 0.105 e. The Kier molecular flexibility index (Phi) is 8.43. The van der Waals surface area contributed by atoms with Gasteiger partial charge in [-0.05, 0) is 97.1 Å². The predicted molar refractivity (Wildman–Crippen MR) is 191 cm³/mol. The van der Waals surface area contributed by atoms with Crippen molar-refractivity contribution >= 4 is 17.4 Å². The lowest BCUT2D eigenvalue weighted by atomic mass is 9.66. The van der Waals surface area contributed by atoms with E-state index in [0.29, 0.717) is 6.54 Å². The van der Waals surface area contributed by atoms with Crippen molar-refractivity contribution in [2.45, 2.75) is 89.6 Å². The van der Waals surface area contributed by atoms with E-state index in [9.17, 15) is 5.26 Å². The normalized spacial score (nSPS) is 26.8. The summed E-state index contributed by atoms with van der Waals surface area (Å²) in [6.07, 6.45) is 24.6. The van der Waals surface area contributed by atoms with E-state index in [-0.39, 0.29) is 23.4 Å². The molecule has 2 aromatic rings. The number of allylic oxidation sites excluding steroid dienone is 8. The van der Waals surface area contributed by atoms with E-state index in [2.05, 4.69) is 123 Å². The second-order valence-electron chi connectivity index (χ2n) is 13.8. The number of hydrogen-bond donors (Lipinski definition) is 2. The molecule has 0 amide bonds. The molecule has 2 heterocycles. The van der Waals surface area contributed by atoms with E-state index in [1.54, 1.807) is 0 Å². The largest absolute Gasteiger partial charge is 0.365 e. The molecule has 234 valence electrons. The fourth-order valence-electron chi connectivity index (χ4n) is 8.42. The van der Waals surface area contributed by atoms with Crippen LogP contribution in [0.1, 0.15) is 99.1 Å². The van der Waals surface area contributed by atoms with Crippen molar-refractivity contribution in [3.8, 4) is 6.07 Å². The van der Waals surface area contributed by atoms with Gasteiger partial charge in [-0.1, -0.05) is 98.5 Å². The molecular weight excluding hydrogens is 560 g/mol. The highest BCUT2D eigenvalue weighted by atomic mass is 15.2. The molecule has 0 bridgehead atoms. The third kappa shape index (κ3) is 5.51. The van der Waals surface area contributed by atoms with Crippen LogP contribution in [0.2, 0.25) is 0 Å². The first-order valence-electron chi connectivity index (χ1n) is 17.3. The van der Waals surface area contributed by atoms with Gasteiger partial charge in [0.25, 0.3) is 0 Å². The molecule has 4 nitrogen and oxygen atoms in total. The molecule has 2 aromatic carbocycles. The molecule has 5 aliphatic rings. The fraction of sp³-hybridized carbons (Fsp3) is 0.381. The monoisotopic (exact) mass is 606 g/mol. The van der Waals surface area contributed by atoms with Crippen LogP contribution in [-0.2, 0) is 5.41 Å². The maximum absolute atomic E-state index is 9.77. The Bertz CT molecular complexity index is 1770. The molecule has 0 radical (unpaired) electrons. The van der Waals surface area contributed by atoms with Crippen molar-refractivity contribution in [1.82, 2.24) is 10.6 Å². The van der Waals surface area contributed by atoms with Gasteiger partial charge >= 0.3 is 0 Å². The van der Waals surface area contributed by atoms with Gasteiger partial charge in [0, 0.05) is 22.8 Å². The third-order valence-corrected chi connectivity index (χ3v) is 10.9. The van der Waals surface area contributed by atoms with E-state index in [1.807, 2.05) is 0 Å². The minimum atomic E-state index is -0.0344. The fourth-order valence-corrected chi connectivity index (χ4v) is 8.42. The van der Waals surface area contributed by atoms with Crippen molar-refractivity contribution in [2.24, 2.45) is 10.9 Å². The molecular formula is C42H46N4. The lowest BCUT2D eigenvalue weighted by Gasteiger charge is -2.38. The van der Waals surface area contributed by atoms with Crippen LogP contribution >= 0.6 is 0 Å². The molecule has 7 rings (SSSR count). The number of nitriles is 1. The van der Waals surface area contributed by atoms with Crippen molar-refractivity contribution in [3.05, 3.63) is 129 Å². The smallest absolute Gasteiger partial charge is 0.105 e. The highest BCUT2D eigenvalue weighted by Gasteiger charge is 2.46. The molecule has 3 unspecified atom stereocenters. The summed E-state index contributed by atoms with van der Waals surface area (Å²) in [7, 11) is 0. The number of fused-ring (bicyclic) bond motifs is 4. The Balaban J connectivity index is 1.28. The average molecular weight is 607 g/mol. The van der Waals surface area contributed by atoms with Crippen LogP contribution in [0.3, 0.4) is 0 Å². The molecule has 1 saturated carbocycles. The SMILES string of the molecule is CC/C=C\C=C(/C)C1CC(c2ccccc2)NC(=C2C=C(c3cc4c(cc3C)C3=C(C=CC(C#N)C3)C43CCCCC3)C=NC2)N1. The standard InChI is InChI=1S/C42H46N4/c1-4-5-8-13-28(2)39-24-40(31-14-9-6-10-15-31)46-41(45-39)33-22-32(26-44-27-33)34-23-38-35(20-29(34)3)36-21-30(25-43)16-17-37(36)42(38)18-11-7-12-19-42/h5-6,8-10,13-17,20,22-23,26,30,39-40,45-46H,4,7,11-12,18-19,21,24,27H2,1-3H3/b8-5-,28-13+,41-33?. The molecule has 3 atom stereocenters. The number of rotatable bonds is 5. The number of aliphatic imine (C=N–C) groups is 1. The average Bonchev–Trinajstić information content (AvgIpc) is 3.35. The van der Waals surface area contributed by atoms with Gasteiger partial charge in [-0.15, -0.1) is 0 Å². The van der Waals surface area contributed by atoms with Gasteiger partial charge in [-0.25, -0.2) is 0 Å². The summed E-state index contributed by atoms with van der Waals surface area (Å²) in [6, 6.07) is 18.7. The summed E-state index contributed by atoms with van der Waals surface area (Å²) in [6.45, 7) is 7.31. The summed E-state index contributed by atoms with van der Waals surface area (Å²) in [4.78, 5) is 4.94. The number of nitrogens with zero attached hydrogens (tertiary/aromatic N) is 2. The minimum absolute atomic E-state index is 0.0344. The lowest BCUT2D eigenvalue weighted by molar-refractivity contribution is 0.349. The predicted octanol–water partition coefficient (Wildman–Crippen LogP) is 9.35. The number of benzene rings is 2. The maximum atomic E-state index is 9.77. The van der Waals surface area contributed by atoms with Gasteiger partial charge in [0.05, 0.1) is 30.6 Å². The minimum Gasteiger partial charge on any atom is -0.365 e. The first kappa shape index (κ1) is 30.3. The van der Waals surface area contributed by atoms with Gasteiger partial charge in [-0.2, -0.15) is 5.26 Å².